The van der Waals surface area contributed by atoms with E-state index in [9.17, 15) is 14.4 Å². The van der Waals surface area contributed by atoms with Gasteiger partial charge in [-0.15, -0.1) is 0 Å². The minimum Gasteiger partial charge on any atom is -0.469 e. The molecule has 1 N–H and O–H groups in total. The van der Waals surface area contributed by atoms with Crippen LogP contribution in [0.25, 0.3) is 10.9 Å². The maximum absolute atomic E-state index is 13.0. The molecule has 3 aromatic rings. The van der Waals surface area contributed by atoms with E-state index in [-0.39, 0.29) is 17.9 Å². The number of esters is 1. The van der Waals surface area contributed by atoms with E-state index in [4.69, 9.17) is 4.74 Å². The molecule has 0 unspecified atom stereocenters. The van der Waals surface area contributed by atoms with Crippen molar-refractivity contribution in [2.45, 2.75) is 38.8 Å². The Morgan fingerprint density at radius 3 is 2.70 bits per heavy atom. The van der Waals surface area contributed by atoms with Crippen LogP contribution in [0.5, 0.6) is 0 Å². The van der Waals surface area contributed by atoms with Crippen LogP contribution >= 0.6 is 0 Å². The summed E-state index contributed by atoms with van der Waals surface area (Å²) in [5.74, 6) is 0.00620. The van der Waals surface area contributed by atoms with E-state index in [0.717, 1.165) is 29.8 Å². The Balaban J connectivity index is 1.64. The second-order valence-corrected chi connectivity index (χ2v) is 7.54. The SMILES string of the molecule is COC(=O)C[C@H](NC(=O)c1ccc2c(=O)n3c(nc2c1)CCC3)c1ccc(C)cc1. The number of nitrogens with zero attached hydrogens (tertiary/aromatic N) is 2. The molecule has 0 bridgehead atoms. The summed E-state index contributed by atoms with van der Waals surface area (Å²) in [6.07, 6.45) is 1.68. The van der Waals surface area contributed by atoms with Gasteiger partial charge >= 0.3 is 5.97 Å². The zero-order valence-electron chi connectivity index (χ0n) is 17.0. The molecule has 30 heavy (non-hydrogen) atoms. The third-order valence-corrected chi connectivity index (χ3v) is 5.46. The highest BCUT2D eigenvalue weighted by molar-refractivity contribution is 5.98. The number of carbonyl (C=O) groups is 2. The Morgan fingerprint density at radius 1 is 1.20 bits per heavy atom. The number of hydrogen-bond acceptors (Lipinski definition) is 5. The number of hydrogen-bond donors (Lipinski definition) is 1. The third kappa shape index (κ3) is 3.83. The van der Waals surface area contributed by atoms with Gasteiger partial charge in [0.2, 0.25) is 0 Å². The molecule has 0 aliphatic carbocycles. The van der Waals surface area contributed by atoms with Crippen LogP contribution in [0.3, 0.4) is 0 Å². The number of carbonyl (C=O) groups excluding carboxylic acids is 2. The highest BCUT2D eigenvalue weighted by Gasteiger charge is 2.21. The van der Waals surface area contributed by atoms with E-state index in [1.54, 1.807) is 22.8 Å². The summed E-state index contributed by atoms with van der Waals surface area (Å²) in [4.78, 5) is 42.0. The molecule has 1 amide bonds. The lowest BCUT2D eigenvalue weighted by Gasteiger charge is -2.19. The molecule has 154 valence electrons. The maximum atomic E-state index is 13.0. The zero-order valence-corrected chi connectivity index (χ0v) is 17.0. The first-order valence-electron chi connectivity index (χ1n) is 9.94. The minimum atomic E-state index is -0.528. The second kappa shape index (κ2) is 8.10. The van der Waals surface area contributed by atoms with E-state index in [2.05, 4.69) is 10.3 Å². The van der Waals surface area contributed by atoms with Crippen LogP contribution in [0.2, 0.25) is 0 Å². The highest BCUT2D eigenvalue weighted by Crippen LogP contribution is 2.20. The molecule has 0 radical (unpaired) electrons. The zero-order chi connectivity index (χ0) is 21.3. The van der Waals surface area contributed by atoms with Crippen LogP contribution in [-0.2, 0) is 22.5 Å². The minimum absolute atomic E-state index is 0.0198. The van der Waals surface area contributed by atoms with Gasteiger partial charge in [0.25, 0.3) is 11.5 Å². The van der Waals surface area contributed by atoms with Crippen molar-refractivity contribution in [3.8, 4) is 0 Å². The predicted molar refractivity (Wildman–Crippen MR) is 112 cm³/mol. The highest BCUT2D eigenvalue weighted by atomic mass is 16.5. The monoisotopic (exact) mass is 405 g/mol. The Hall–Kier alpha value is -3.48. The molecule has 0 spiro atoms. The number of aryl methyl sites for hydroxylation is 2. The fourth-order valence-corrected chi connectivity index (χ4v) is 3.77. The maximum Gasteiger partial charge on any atom is 0.307 e. The third-order valence-electron chi connectivity index (χ3n) is 5.46. The van der Waals surface area contributed by atoms with Gasteiger partial charge in [-0.05, 0) is 37.1 Å². The predicted octanol–water partition coefficient (Wildman–Crippen LogP) is 2.69. The summed E-state index contributed by atoms with van der Waals surface area (Å²) in [6.45, 7) is 2.66. The van der Waals surface area contributed by atoms with Crippen LogP contribution in [-0.4, -0.2) is 28.5 Å². The summed E-state index contributed by atoms with van der Waals surface area (Å²) in [5, 5.41) is 3.42. The van der Waals surface area contributed by atoms with Crippen molar-refractivity contribution in [1.29, 1.82) is 0 Å². The molecule has 0 saturated carbocycles. The molecule has 7 heteroatoms. The number of ether oxygens (including phenoxy) is 1. The molecule has 1 aliphatic rings. The van der Waals surface area contributed by atoms with Gasteiger partial charge in [-0.2, -0.15) is 0 Å². The van der Waals surface area contributed by atoms with Gasteiger partial charge in [0, 0.05) is 18.5 Å². The molecule has 1 aromatic heterocycles. The molecule has 2 heterocycles. The second-order valence-electron chi connectivity index (χ2n) is 7.54. The lowest BCUT2D eigenvalue weighted by Crippen LogP contribution is -2.30. The number of benzene rings is 2. The topological polar surface area (TPSA) is 90.3 Å². The molecule has 0 fully saturated rings. The van der Waals surface area contributed by atoms with Crippen molar-refractivity contribution in [3.05, 3.63) is 75.3 Å². The fraction of sp³-hybridized carbons (Fsp3) is 0.304. The van der Waals surface area contributed by atoms with Crippen LogP contribution < -0.4 is 10.9 Å². The summed E-state index contributed by atoms with van der Waals surface area (Å²) >= 11 is 0. The Bertz CT molecular complexity index is 1180. The Labute approximate surface area is 173 Å². The van der Waals surface area contributed by atoms with Gasteiger partial charge in [0.1, 0.15) is 5.82 Å². The summed E-state index contributed by atoms with van der Waals surface area (Å²) in [5.41, 5.74) is 2.73. The van der Waals surface area contributed by atoms with Crippen molar-refractivity contribution in [2.24, 2.45) is 0 Å². The molecule has 1 aliphatic heterocycles. The van der Waals surface area contributed by atoms with E-state index in [1.807, 2.05) is 31.2 Å². The Kier molecular flexibility index (Phi) is 5.35. The summed E-state index contributed by atoms with van der Waals surface area (Å²) in [7, 11) is 1.32. The van der Waals surface area contributed by atoms with E-state index >= 15 is 0 Å². The number of aromatic nitrogens is 2. The van der Waals surface area contributed by atoms with Crippen molar-refractivity contribution in [1.82, 2.24) is 14.9 Å². The molecule has 0 saturated heterocycles. The normalized spacial score (nSPS) is 13.7. The first kappa shape index (κ1) is 19.8. The molecule has 2 aromatic carbocycles. The lowest BCUT2D eigenvalue weighted by molar-refractivity contribution is -0.141. The summed E-state index contributed by atoms with van der Waals surface area (Å²) in [6, 6.07) is 12.0. The van der Waals surface area contributed by atoms with E-state index in [0.29, 0.717) is 23.0 Å². The number of rotatable bonds is 5. The number of amides is 1. The van der Waals surface area contributed by atoms with Gasteiger partial charge in [-0.3, -0.25) is 19.0 Å². The molecular formula is C23H23N3O4. The average Bonchev–Trinajstić information content (AvgIpc) is 3.22. The smallest absolute Gasteiger partial charge is 0.307 e. The summed E-state index contributed by atoms with van der Waals surface area (Å²) < 4.78 is 6.49. The molecular weight excluding hydrogens is 382 g/mol. The van der Waals surface area contributed by atoms with Gasteiger partial charge in [0.15, 0.2) is 0 Å². The quantitative estimate of drug-likeness (QED) is 0.659. The van der Waals surface area contributed by atoms with Crippen molar-refractivity contribution < 1.29 is 14.3 Å². The first-order chi connectivity index (χ1) is 14.5. The van der Waals surface area contributed by atoms with E-state index in [1.165, 1.54) is 7.11 Å². The number of methoxy groups -OCH3 is 1. The van der Waals surface area contributed by atoms with Gasteiger partial charge in [0.05, 0.1) is 30.5 Å². The molecule has 1 atom stereocenters. The number of fused-ring (bicyclic) bond motifs is 2. The molecule has 7 nitrogen and oxygen atoms in total. The van der Waals surface area contributed by atoms with Gasteiger partial charge < -0.3 is 10.1 Å². The van der Waals surface area contributed by atoms with Crippen molar-refractivity contribution in [3.63, 3.8) is 0 Å². The fourth-order valence-electron chi connectivity index (χ4n) is 3.77. The van der Waals surface area contributed by atoms with Crippen LogP contribution in [0, 0.1) is 6.92 Å². The Morgan fingerprint density at radius 2 is 1.97 bits per heavy atom. The first-order valence-corrected chi connectivity index (χ1v) is 9.94. The molecule has 4 rings (SSSR count). The number of nitrogens with one attached hydrogen (secondary N) is 1. The van der Waals surface area contributed by atoms with Crippen LogP contribution in [0.4, 0.5) is 0 Å². The largest absolute Gasteiger partial charge is 0.469 e. The van der Waals surface area contributed by atoms with Gasteiger partial charge in [-0.25, -0.2) is 4.98 Å². The lowest BCUT2D eigenvalue weighted by atomic mass is 10.0. The van der Waals surface area contributed by atoms with Crippen LogP contribution in [0.1, 0.15) is 46.2 Å². The van der Waals surface area contributed by atoms with Crippen molar-refractivity contribution >= 4 is 22.8 Å². The van der Waals surface area contributed by atoms with Crippen LogP contribution in [0.15, 0.2) is 47.3 Å². The standard InChI is InChI=1S/C23H23N3O4/c1-14-5-7-15(8-6-14)18(13-21(27)30-2)25-22(28)16-9-10-17-19(12-16)24-20-4-3-11-26(20)23(17)29/h5-10,12,18H,3-4,11,13H2,1-2H3,(H,25,28)/t18-/m0/s1. The average molecular weight is 405 g/mol. The van der Waals surface area contributed by atoms with Crippen molar-refractivity contribution in [2.75, 3.05) is 7.11 Å². The van der Waals surface area contributed by atoms with E-state index < -0.39 is 12.0 Å². The van der Waals surface area contributed by atoms with Gasteiger partial charge in [-0.1, -0.05) is 29.8 Å².